The van der Waals surface area contributed by atoms with Crippen LogP contribution in [0.1, 0.15) is 22.8 Å². The molecule has 0 aliphatic carbocycles. The van der Waals surface area contributed by atoms with Crippen LogP contribution in [-0.4, -0.2) is 77.9 Å². The first-order chi connectivity index (χ1) is 22.2. The Bertz CT molecular complexity index is 1750. The summed E-state index contributed by atoms with van der Waals surface area (Å²) in [6, 6.07) is 22.3. The van der Waals surface area contributed by atoms with Crippen molar-refractivity contribution in [3.05, 3.63) is 101 Å². The minimum Gasteiger partial charge on any atom is -0.449 e. The highest BCUT2D eigenvalue weighted by Crippen LogP contribution is 2.24. The highest BCUT2D eigenvalue weighted by Gasteiger charge is 2.42. The zero-order valence-corrected chi connectivity index (χ0v) is 25.0. The molecule has 2 heterocycles. The third-order valence-electron chi connectivity index (χ3n) is 6.96. The number of nitrogens with zero attached hydrogens (tertiary/aromatic N) is 3. The smallest absolute Gasteiger partial charge is 0.439 e. The van der Waals surface area contributed by atoms with E-state index in [2.05, 4.69) is 20.0 Å². The minimum atomic E-state index is -1.61. The number of esters is 1. The lowest BCUT2D eigenvalue weighted by Gasteiger charge is -2.35. The van der Waals surface area contributed by atoms with E-state index in [0.717, 1.165) is 12.5 Å². The second-order valence-corrected chi connectivity index (χ2v) is 10.3. The molecule has 0 bridgehead atoms. The molecule has 238 valence electrons. The van der Waals surface area contributed by atoms with Crippen LogP contribution in [0.15, 0.2) is 88.2 Å². The number of carbonyl (C=O) groups excluding carboxylic acids is 4. The van der Waals surface area contributed by atoms with Crippen LogP contribution in [0.4, 0.5) is 11.4 Å². The van der Waals surface area contributed by atoms with E-state index in [0.29, 0.717) is 29.1 Å². The number of ether oxygens (including phenoxy) is 3. The first kappa shape index (κ1) is 31.8. The Hall–Kier alpha value is -5.60. The van der Waals surface area contributed by atoms with Crippen molar-refractivity contribution in [2.24, 2.45) is 0 Å². The van der Waals surface area contributed by atoms with E-state index in [4.69, 9.17) is 14.2 Å². The number of anilines is 2. The number of morpholine rings is 1. The van der Waals surface area contributed by atoms with Crippen molar-refractivity contribution < 1.29 is 37.9 Å². The van der Waals surface area contributed by atoms with E-state index >= 15 is 0 Å². The van der Waals surface area contributed by atoms with E-state index in [1.165, 1.54) is 21.9 Å². The summed E-state index contributed by atoms with van der Waals surface area (Å²) in [5.41, 5.74) is 2.55. The van der Waals surface area contributed by atoms with Gasteiger partial charge in [0.2, 0.25) is 6.10 Å². The molecule has 0 spiro atoms. The summed E-state index contributed by atoms with van der Waals surface area (Å²) in [7, 11) is 1.61. The molecule has 1 saturated heterocycles. The molecule has 0 saturated carbocycles. The van der Waals surface area contributed by atoms with Crippen molar-refractivity contribution >= 4 is 35.1 Å². The standard InChI is InChI=1S/C32H31N5O9/c1-20(38)45-26(29(39)33-24-13-11-22(12-14-24)28-34-32(42)46-35-28)27-31(41)37(15-16-44-27)25-10-6-9-23(17-25)30(40)36(2)19-43-18-21-7-4-3-5-8-21/h3-14,17,26-27H,15-16,18-19H2,1-2H3,(H,33,39)(H,34,35,42)/t26-,27-/m1/s1. The van der Waals surface area contributed by atoms with E-state index in [9.17, 15) is 24.0 Å². The third-order valence-corrected chi connectivity index (χ3v) is 6.96. The molecule has 3 amide bonds. The van der Waals surface area contributed by atoms with Crippen LogP contribution in [0.5, 0.6) is 0 Å². The molecule has 46 heavy (non-hydrogen) atoms. The first-order valence-corrected chi connectivity index (χ1v) is 14.2. The maximum atomic E-state index is 13.7. The van der Waals surface area contributed by atoms with Crippen LogP contribution >= 0.6 is 0 Å². The Kier molecular flexibility index (Phi) is 10.00. The normalized spacial score (nSPS) is 15.2. The van der Waals surface area contributed by atoms with Crippen LogP contribution in [0, 0.1) is 0 Å². The number of carbonyl (C=O) groups is 4. The van der Waals surface area contributed by atoms with Gasteiger partial charge in [0.05, 0.1) is 13.2 Å². The SMILES string of the molecule is CC(=O)O[C@@H](C(=O)Nc1ccc(-c2noc(=O)[nH]2)cc1)[C@H]1OCCN(c2cccc(C(=O)N(C)COCc3ccccc3)c2)C1=O. The largest absolute Gasteiger partial charge is 0.449 e. The summed E-state index contributed by atoms with van der Waals surface area (Å²) in [5.74, 6) is -3.02. The van der Waals surface area contributed by atoms with E-state index in [1.54, 1.807) is 43.4 Å². The maximum absolute atomic E-state index is 13.7. The number of rotatable bonds is 11. The second-order valence-electron chi connectivity index (χ2n) is 10.3. The molecular formula is C32H31N5O9. The summed E-state index contributed by atoms with van der Waals surface area (Å²) in [6.07, 6.45) is -3.07. The van der Waals surface area contributed by atoms with Gasteiger partial charge in [-0.3, -0.25) is 28.7 Å². The van der Waals surface area contributed by atoms with Gasteiger partial charge < -0.3 is 29.3 Å². The first-order valence-electron chi connectivity index (χ1n) is 14.2. The van der Waals surface area contributed by atoms with E-state index in [1.807, 2.05) is 30.3 Å². The summed E-state index contributed by atoms with van der Waals surface area (Å²) >= 11 is 0. The van der Waals surface area contributed by atoms with Gasteiger partial charge in [-0.1, -0.05) is 41.6 Å². The van der Waals surface area contributed by atoms with Crippen LogP contribution in [0.25, 0.3) is 11.4 Å². The van der Waals surface area contributed by atoms with E-state index in [-0.39, 0.29) is 31.6 Å². The minimum absolute atomic E-state index is 0.0391. The summed E-state index contributed by atoms with van der Waals surface area (Å²) in [6.45, 7) is 1.70. The van der Waals surface area contributed by atoms with Gasteiger partial charge in [0, 0.05) is 43.0 Å². The monoisotopic (exact) mass is 629 g/mol. The van der Waals surface area contributed by atoms with Crippen molar-refractivity contribution in [2.75, 3.05) is 37.1 Å². The lowest BCUT2D eigenvalue weighted by molar-refractivity contribution is -0.167. The number of nitrogens with one attached hydrogen (secondary N) is 2. The highest BCUT2D eigenvalue weighted by molar-refractivity contribution is 6.05. The number of H-pyrrole nitrogens is 1. The summed E-state index contributed by atoms with van der Waals surface area (Å²) < 4.78 is 21.1. The van der Waals surface area contributed by atoms with Crippen LogP contribution in [-0.2, 0) is 35.2 Å². The van der Waals surface area contributed by atoms with Crippen LogP contribution in [0.3, 0.4) is 0 Å². The molecule has 4 aromatic rings. The maximum Gasteiger partial charge on any atom is 0.439 e. The fourth-order valence-corrected chi connectivity index (χ4v) is 4.75. The zero-order chi connectivity index (χ0) is 32.6. The predicted molar refractivity (Wildman–Crippen MR) is 163 cm³/mol. The predicted octanol–water partition coefficient (Wildman–Crippen LogP) is 2.58. The van der Waals surface area contributed by atoms with Gasteiger partial charge in [-0.15, -0.1) is 0 Å². The van der Waals surface area contributed by atoms with Crippen LogP contribution in [0.2, 0.25) is 0 Å². The average Bonchev–Trinajstić information content (AvgIpc) is 3.50. The number of hydrogen-bond acceptors (Lipinski definition) is 10. The lowest BCUT2D eigenvalue weighted by Crippen LogP contribution is -2.56. The van der Waals surface area contributed by atoms with E-state index < -0.39 is 35.7 Å². The number of aromatic nitrogens is 2. The Morgan fingerprint density at radius 3 is 2.52 bits per heavy atom. The molecule has 5 rings (SSSR count). The topological polar surface area (TPSA) is 173 Å². The summed E-state index contributed by atoms with van der Waals surface area (Å²) in [5, 5.41) is 6.23. The Morgan fingerprint density at radius 2 is 1.83 bits per heavy atom. The second kappa shape index (κ2) is 14.5. The van der Waals surface area contributed by atoms with Crippen molar-refractivity contribution in [1.82, 2.24) is 15.0 Å². The molecule has 0 radical (unpaired) electrons. The van der Waals surface area contributed by atoms with Crippen molar-refractivity contribution in [3.8, 4) is 11.4 Å². The molecule has 0 unspecified atom stereocenters. The van der Waals surface area contributed by atoms with Crippen LogP contribution < -0.4 is 16.0 Å². The fourth-order valence-electron chi connectivity index (χ4n) is 4.75. The highest BCUT2D eigenvalue weighted by atomic mass is 16.6. The number of hydrogen-bond donors (Lipinski definition) is 2. The van der Waals surface area contributed by atoms with Gasteiger partial charge in [-0.2, -0.15) is 0 Å². The molecule has 2 N–H and O–H groups in total. The molecule has 1 fully saturated rings. The average molecular weight is 630 g/mol. The molecule has 3 aromatic carbocycles. The van der Waals surface area contributed by atoms with Crippen molar-refractivity contribution in [1.29, 1.82) is 0 Å². The zero-order valence-electron chi connectivity index (χ0n) is 25.0. The van der Waals surface area contributed by atoms with Crippen molar-refractivity contribution in [2.45, 2.75) is 25.7 Å². The van der Waals surface area contributed by atoms with Gasteiger partial charge in [-0.25, -0.2) is 4.79 Å². The Labute approximate surface area is 262 Å². The number of benzene rings is 3. The van der Waals surface area contributed by atoms with Gasteiger partial charge in [0.1, 0.15) is 6.73 Å². The number of amides is 3. The molecular weight excluding hydrogens is 598 g/mol. The quantitative estimate of drug-likeness (QED) is 0.185. The van der Waals surface area contributed by atoms with Gasteiger partial charge in [0.15, 0.2) is 11.9 Å². The van der Waals surface area contributed by atoms with Gasteiger partial charge in [-0.05, 0) is 48.0 Å². The van der Waals surface area contributed by atoms with Crippen molar-refractivity contribution in [3.63, 3.8) is 0 Å². The third kappa shape index (κ3) is 7.72. The van der Waals surface area contributed by atoms with Gasteiger partial charge in [0.25, 0.3) is 17.7 Å². The molecule has 1 aliphatic heterocycles. The lowest BCUT2D eigenvalue weighted by atomic mass is 10.1. The molecule has 2 atom stereocenters. The molecule has 14 heteroatoms. The van der Waals surface area contributed by atoms with Gasteiger partial charge >= 0.3 is 11.7 Å². The fraction of sp³-hybridized carbons (Fsp3) is 0.250. The summed E-state index contributed by atoms with van der Waals surface area (Å²) in [4.78, 5) is 68.6. The Balaban J connectivity index is 1.26. The molecule has 1 aromatic heterocycles. The molecule has 1 aliphatic rings. The Morgan fingerprint density at radius 1 is 1.07 bits per heavy atom. The number of aromatic amines is 1. The molecule has 14 nitrogen and oxygen atoms in total.